The number of fused-ring (bicyclic) bond motifs is 2. The Bertz CT molecular complexity index is 1170. The van der Waals surface area contributed by atoms with E-state index < -0.39 is 5.54 Å². The standard InChI is InChI=1S/C20H23N9O2/c1-12-8-15(24-13-9-14(22-10-21-13)25-19-23-11-28(2)27-19)29(31)17-16(12)18(30)26-20(17)6-4-3-5-7-20/h8-11H,3-7H2,1-2H3,(H,26,30)(H2,21,22,24,25,27). The van der Waals surface area contributed by atoms with E-state index in [1.165, 1.54) is 6.33 Å². The molecule has 5 rings (SSSR count). The van der Waals surface area contributed by atoms with Gasteiger partial charge < -0.3 is 15.8 Å². The third-order valence-electron chi connectivity index (χ3n) is 5.91. The Balaban J connectivity index is 1.48. The summed E-state index contributed by atoms with van der Waals surface area (Å²) in [6.45, 7) is 1.85. The highest BCUT2D eigenvalue weighted by Gasteiger charge is 2.48. The number of nitrogens with one attached hydrogen (secondary N) is 3. The smallest absolute Gasteiger partial charge is 0.284 e. The number of anilines is 4. The minimum Gasteiger partial charge on any atom is -0.710 e. The number of hydrogen-bond donors (Lipinski definition) is 3. The second kappa shape index (κ2) is 7.18. The molecule has 3 aromatic rings. The predicted molar refractivity (Wildman–Crippen MR) is 112 cm³/mol. The van der Waals surface area contributed by atoms with E-state index in [9.17, 15) is 10.0 Å². The van der Waals surface area contributed by atoms with Crippen LogP contribution in [0.3, 0.4) is 0 Å². The van der Waals surface area contributed by atoms with Gasteiger partial charge in [0.25, 0.3) is 11.7 Å². The fourth-order valence-electron chi connectivity index (χ4n) is 4.54. The summed E-state index contributed by atoms with van der Waals surface area (Å²) in [6, 6.07) is 3.35. The molecular formula is C20H23N9O2. The van der Waals surface area contributed by atoms with Gasteiger partial charge in [-0.15, -0.1) is 5.10 Å². The maximum absolute atomic E-state index is 13.4. The van der Waals surface area contributed by atoms with E-state index in [-0.39, 0.29) is 5.91 Å². The maximum atomic E-state index is 13.4. The lowest BCUT2D eigenvalue weighted by molar-refractivity contribution is -0.603. The van der Waals surface area contributed by atoms with Gasteiger partial charge in [0.2, 0.25) is 11.8 Å². The average molecular weight is 421 g/mol. The van der Waals surface area contributed by atoms with Gasteiger partial charge in [0.15, 0.2) is 0 Å². The number of carbonyl (C=O) groups excluding carboxylic acids is 1. The van der Waals surface area contributed by atoms with Crippen molar-refractivity contribution < 1.29 is 9.52 Å². The van der Waals surface area contributed by atoms with Crippen molar-refractivity contribution >= 4 is 29.3 Å². The van der Waals surface area contributed by atoms with Gasteiger partial charge in [-0.05, 0) is 25.3 Å². The predicted octanol–water partition coefficient (Wildman–Crippen LogP) is 1.94. The molecule has 0 saturated heterocycles. The molecule has 2 aliphatic rings. The number of pyridine rings is 1. The molecule has 4 heterocycles. The molecule has 3 aromatic heterocycles. The number of nitrogens with zero attached hydrogens (tertiary/aromatic N) is 6. The Morgan fingerprint density at radius 1 is 1.13 bits per heavy atom. The number of carbonyl (C=O) groups is 1. The first-order valence-corrected chi connectivity index (χ1v) is 10.3. The molecule has 1 spiro atoms. The van der Waals surface area contributed by atoms with Crippen LogP contribution < -0.4 is 20.7 Å². The Labute approximate surface area is 178 Å². The monoisotopic (exact) mass is 421 g/mol. The Morgan fingerprint density at radius 2 is 1.87 bits per heavy atom. The molecule has 0 radical (unpaired) electrons. The van der Waals surface area contributed by atoms with Crippen LogP contribution in [0.2, 0.25) is 0 Å². The normalized spacial score (nSPS) is 16.8. The third kappa shape index (κ3) is 3.31. The minimum absolute atomic E-state index is 0.165. The molecule has 1 fully saturated rings. The summed E-state index contributed by atoms with van der Waals surface area (Å²) in [6.07, 6.45) is 7.59. The van der Waals surface area contributed by atoms with E-state index >= 15 is 0 Å². The molecule has 0 unspecified atom stereocenters. The number of hydrogen-bond acceptors (Lipinski definition) is 8. The summed E-state index contributed by atoms with van der Waals surface area (Å²) in [5.41, 5.74) is 1.19. The van der Waals surface area contributed by atoms with E-state index in [0.717, 1.165) is 42.4 Å². The van der Waals surface area contributed by atoms with Crippen molar-refractivity contribution in [2.24, 2.45) is 7.05 Å². The van der Waals surface area contributed by atoms with Crippen LogP contribution in [0.5, 0.6) is 0 Å². The second-order valence-electron chi connectivity index (χ2n) is 8.11. The Hall–Kier alpha value is -3.76. The molecule has 0 bridgehead atoms. The molecule has 0 aromatic carbocycles. The lowest BCUT2D eigenvalue weighted by atomic mass is 9.79. The quantitative estimate of drug-likeness (QED) is 0.429. The molecule has 1 amide bonds. The van der Waals surface area contributed by atoms with Crippen LogP contribution in [0.15, 0.2) is 24.8 Å². The van der Waals surface area contributed by atoms with Crippen molar-refractivity contribution in [1.29, 1.82) is 0 Å². The molecule has 1 saturated carbocycles. The van der Waals surface area contributed by atoms with Gasteiger partial charge in [0, 0.05) is 19.2 Å². The SMILES string of the molecule is Cc1cc(Nc2cc(Nc3ncn(C)n3)ncn2)[n+]([O-])c2c1C(=O)NC21CCCCC1. The van der Waals surface area contributed by atoms with Crippen molar-refractivity contribution in [1.82, 2.24) is 30.0 Å². The number of amides is 1. The van der Waals surface area contributed by atoms with Gasteiger partial charge in [0.05, 0.1) is 5.56 Å². The summed E-state index contributed by atoms with van der Waals surface area (Å²) >= 11 is 0. The average Bonchev–Trinajstić information content (AvgIpc) is 3.27. The fraction of sp³-hybridized carbons (Fsp3) is 0.400. The summed E-state index contributed by atoms with van der Waals surface area (Å²) in [5, 5.41) is 26.7. The van der Waals surface area contributed by atoms with Gasteiger partial charge in [-0.1, -0.05) is 19.3 Å². The van der Waals surface area contributed by atoms with Crippen LogP contribution in [0.25, 0.3) is 0 Å². The highest BCUT2D eigenvalue weighted by molar-refractivity contribution is 6.00. The first-order valence-electron chi connectivity index (χ1n) is 10.3. The Morgan fingerprint density at radius 3 is 2.58 bits per heavy atom. The van der Waals surface area contributed by atoms with Crippen molar-refractivity contribution in [3.8, 4) is 0 Å². The van der Waals surface area contributed by atoms with Gasteiger partial charge in [-0.25, -0.2) is 20.0 Å². The van der Waals surface area contributed by atoms with Crippen molar-refractivity contribution in [3.63, 3.8) is 0 Å². The van der Waals surface area contributed by atoms with E-state index in [2.05, 4.69) is 36.0 Å². The molecule has 31 heavy (non-hydrogen) atoms. The maximum Gasteiger partial charge on any atom is 0.284 e. The third-order valence-corrected chi connectivity index (χ3v) is 5.91. The zero-order valence-electron chi connectivity index (χ0n) is 17.3. The summed E-state index contributed by atoms with van der Waals surface area (Å²) in [7, 11) is 1.77. The molecule has 160 valence electrons. The van der Waals surface area contributed by atoms with Crippen LogP contribution in [0.4, 0.5) is 23.4 Å². The molecule has 0 atom stereocenters. The van der Waals surface area contributed by atoms with E-state index in [0.29, 0.717) is 34.7 Å². The highest BCUT2D eigenvalue weighted by atomic mass is 16.5. The Kier molecular flexibility index (Phi) is 4.45. The number of rotatable bonds is 4. The summed E-state index contributed by atoms with van der Waals surface area (Å²) in [4.78, 5) is 25.2. The van der Waals surface area contributed by atoms with Crippen molar-refractivity contribution in [2.75, 3.05) is 10.6 Å². The van der Waals surface area contributed by atoms with Crippen molar-refractivity contribution in [2.45, 2.75) is 44.6 Å². The second-order valence-corrected chi connectivity index (χ2v) is 8.11. The highest BCUT2D eigenvalue weighted by Crippen LogP contribution is 2.42. The topological polar surface area (TPSA) is 137 Å². The number of aromatic nitrogens is 6. The van der Waals surface area contributed by atoms with E-state index in [1.54, 1.807) is 30.2 Å². The fourth-order valence-corrected chi connectivity index (χ4v) is 4.54. The molecule has 1 aliphatic carbocycles. The zero-order chi connectivity index (χ0) is 21.6. The van der Waals surface area contributed by atoms with Crippen LogP contribution in [0.1, 0.15) is 53.7 Å². The summed E-state index contributed by atoms with van der Waals surface area (Å²) in [5.74, 6) is 1.48. The molecule has 11 heteroatoms. The van der Waals surface area contributed by atoms with Gasteiger partial charge >= 0.3 is 0 Å². The molecule has 1 aliphatic heterocycles. The zero-order valence-corrected chi connectivity index (χ0v) is 17.3. The lowest BCUT2D eigenvalue weighted by Crippen LogP contribution is -2.49. The van der Waals surface area contributed by atoms with Gasteiger partial charge in [0.1, 0.15) is 29.7 Å². The van der Waals surface area contributed by atoms with Gasteiger partial charge in [-0.3, -0.25) is 9.48 Å². The lowest BCUT2D eigenvalue weighted by Gasteiger charge is -2.34. The van der Waals surface area contributed by atoms with Crippen LogP contribution in [-0.4, -0.2) is 30.6 Å². The molecule has 3 N–H and O–H groups in total. The van der Waals surface area contributed by atoms with E-state index in [4.69, 9.17) is 0 Å². The molecule has 11 nitrogen and oxygen atoms in total. The number of aryl methyl sites for hydroxylation is 2. The largest absolute Gasteiger partial charge is 0.710 e. The first kappa shape index (κ1) is 19.2. The molecular weight excluding hydrogens is 398 g/mol. The van der Waals surface area contributed by atoms with Crippen LogP contribution in [-0.2, 0) is 12.6 Å². The summed E-state index contributed by atoms with van der Waals surface area (Å²) < 4.78 is 2.42. The van der Waals surface area contributed by atoms with Gasteiger partial charge in [-0.2, -0.15) is 4.98 Å². The minimum atomic E-state index is -0.585. The van der Waals surface area contributed by atoms with Crippen LogP contribution >= 0.6 is 0 Å². The van der Waals surface area contributed by atoms with E-state index in [1.807, 2.05) is 6.92 Å². The van der Waals surface area contributed by atoms with Crippen molar-refractivity contribution in [3.05, 3.63) is 46.8 Å². The van der Waals surface area contributed by atoms with Crippen LogP contribution in [0, 0.1) is 12.1 Å². The first-order chi connectivity index (χ1) is 14.9.